The van der Waals surface area contributed by atoms with Crippen LogP contribution in [0.15, 0.2) is 60.2 Å². The van der Waals surface area contributed by atoms with E-state index in [0.29, 0.717) is 27.8 Å². The maximum absolute atomic E-state index is 13.8. The number of carbonyl (C=O) groups excluding carboxylic acids is 1. The summed E-state index contributed by atoms with van der Waals surface area (Å²) < 4.78 is 21.0. The second-order valence-corrected chi connectivity index (χ2v) is 8.15. The average molecular weight is 457 g/mol. The van der Waals surface area contributed by atoms with Crippen molar-refractivity contribution < 1.29 is 13.9 Å². The highest BCUT2D eigenvalue weighted by molar-refractivity contribution is 7.12. The number of ether oxygens (including phenoxy) is 1. The molecule has 2 aromatic carbocycles. The molecule has 4 aromatic rings. The fraction of sp³-hybridized carbons (Fsp3) is 0.136. The zero-order valence-corrected chi connectivity index (χ0v) is 18.1. The van der Waals surface area contributed by atoms with Gasteiger partial charge < -0.3 is 4.74 Å². The second-order valence-electron chi connectivity index (χ2n) is 6.83. The standard InChI is InChI=1S/C22H18ClFN4O2S/c1-14-8-17(6-7-18(14)23)30-11-15-9-20(31-12-15)21(29)26-22-25-13-28(27-22)10-16-4-2-3-5-19(16)24/h2-9,12-13H,10-11H2,1H3,(H,26,27,29). The lowest BCUT2D eigenvalue weighted by Crippen LogP contribution is -2.12. The second kappa shape index (κ2) is 9.28. The number of nitrogens with zero attached hydrogens (tertiary/aromatic N) is 3. The highest BCUT2D eigenvalue weighted by atomic mass is 35.5. The van der Waals surface area contributed by atoms with Gasteiger partial charge in [-0.2, -0.15) is 0 Å². The van der Waals surface area contributed by atoms with Crippen LogP contribution in [0.5, 0.6) is 5.75 Å². The molecule has 0 aliphatic heterocycles. The zero-order valence-electron chi connectivity index (χ0n) is 16.5. The molecule has 0 saturated heterocycles. The molecule has 31 heavy (non-hydrogen) atoms. The molecule has 4 rings (SSSR count). The number of rotatable bonds is 7. The molecular formula is C22H18ClFN4O2S. The third-order valence-electron chi connectivity index (χ3n) is 4.46. The smallest absolute Gasteiger partial charge is 0.268 e. The fourth-order valence-corrected chi connectivity index (χ4v) is 3.75. The molecule has 158 valence electrons. The molecule has 6 nitrogen and oxygen atoms in total. The Bertz CT molecular complexity index is 1220. The number of thiophene rings is 1. The fourth-order valence-electron chi connectivity index (χ4n) is 2.84. The molecule has 2 heterocycles. The molecular weight excluding hydrogens is 439 g/mol. The van der Waals surface area contributed by atoms with Gasteiger partial charge in [0.25, 0.3) is 5.91 Å². The summed E-state index contributed by atoms with van der Waals surface area (Å²) in [7, 11) is 0. The highest BCUT2D eigenvalue weighted by Crippen LogP contribution is 2.23. The van der Waals surface area contributed by atoms with Crippen molar-refractivity contribution in [2.75, 3.05) is 5.32 Å². The molecule has 0 bridgehead atoms. The van der Waals surface area contributed by atoms with Gasteiger partial charge in [-0.3, -0.25) is 10.1 Å². The van der Waals surface area contributed by atoms with Crippen molar-refractivity contribution in [2.45, 2.75) is 20.1 Å². The molecule has 0 aliphatic rings. The van der Waals surface area contributed by atoms with Crippen LogP contribution in [0.1, 0.15) is 26.4 Å². The van der Waals surface area contributed by atoms with E-state index in [-0.39, 0.29) is 24.2 Å². The number of benzene rings is 2. The Balaban J connectivity index is 1.34. The molecule has 1 amide bonds. The normalized spacial score (nSPS) is 10.8. The summed E-state index contributed by atoms with van der Waals surface area (Å²) >= 11 is 7.33. The summed E-state index contributed by atoms with van der Waals surface area (Å²) in [5, 5.41) is 9.40. The molecule has 0 fully saturated rings. The van der Waals surface area contributed by atoms with E-state index in [1.807, 2.05) is 18.4 Å². The van der Waals surface area contributed by atoms with Gasteiger partial charge in [0, 0.05) is 16.1 Å². The van der Waals surface area contributed by atoms with E-state index in [0.717, 1.165) is 11.1 Å². The third-order valence-corrected chi connectivity index (χ3v) is 5.87. The summed E-state index contributed by atoms with van der Waals surface area (Å²) in [6.07, 6.45) is 1.45. The van der Waals surface area contributed by atoms with Crippen molar-refractivity contribution in [1.82, 2.24) is 14.8 Å². The van der Waals surface area contributed by atoms with Crippen molar-refractivity contribution in [1.29, 1.82) is 0 Å². The van der Waals surface area contributed by atoms with Gasteiger partial charge in [-0.15, -0.1) is 16.4 Å². The Hall–Kier alpha value is -3.23. The van der Waals surface area contributed by atoms with Crippen LogP contribution < -0.4 is 10.1 Å². The number of halogens is 2. The maximum atomic E-state index is 13.8. The van der Waals surface area contributed by atoms with Gasteiger partial charge in [0.2, 0.25) is 5.95 Å². The summed E-state index contributed by atoms with van der Waals surface area (Å²) in [5.74, 6) is 0.237. The quantitative estimate of drug-likeness (QED) is 0.408. The average Bonchev–Trinajstić information content (AvgIpc) is 3.40. The van der Waals surface area contributed by atoms with Crippen molar-refractivity contribution in [3.8, 4) is 5.75 Å². The number of hydrogen-bond donors (Lipinski definition) is 1. The minimum absolute atomic E-state index is 0.157. The largest absolute Gasteiger partial charge is 0.489 e. The molecule has 0 aliphatic carbocycles. The Kier molecular flexibility index (Phi) is 6.29. The molecule has 0 spiro atoms. The van der Waals surface area contributed by atoms with Crippen molar-refractivity contribution >= 4 is 34.8 Å². The molecule has 0 saturated carbocycles. The van der Waals surface area contributed by atoms with E-state index in [1.54, 1.807) is 36.4 Å². The maximum Gasteiger partial charge on any atom is 0.268 e. The van der Waals surface area contributed by atoms with Gasteiger partial charge in [-0.05, 0) is 48.2 Å². The van der Waals surface area contributed by atoms with Crippen LogP contribution in [0.25, 0.3) is 0 Å². The van der Waals surface area contributed by atoms with E-state index in [9.17, 15) is 9.18 Å². The zero-order chi connectivity index (χ0) is 21.8. The molecule has 0 radical (unpaired) electrons. The Labute approximate surface area is 187 Å². The van der Waals surface area contributed by atoms with Gasteiger partial charge >= 0.3 is 0 Å². The first kappa shape index (κ1) is 21.0. The number of nitrogens with one attached hydrogen (secondary N) is 1. The van der Waals surface area contributed by atoms with Gasteiger partial charge in [-0.1, -0.05) is 29.8 Å². The lowest BCUT2D eigenvalue weighted by Gasteiger charge is -2.06. The van der Waals surface area contributed by atoms with Gasteiger partial charge in [0.1, 0.15) is 24.5 Å². The van der Waals surface area contributed by atoms with E-state index >= 15 is 0 Å². The Morgan fingerprint density at radius 1 is 1.26 bits per heavy atom. The van der Waals surface area contributed by atoms with Gasteiger partial charge in [0.15, 0.2) is 0 Å². The molecule has 0 unspecified atom stereocenters. The summed E-state index contributed by atoms with van der Waals surface area (Å²) in [5.41, 5.74) is 2.30. The van der Waals surface area contributed by atoms with E-state index in [4.69, 9.17) is 16.3 Å². The summed E-state index contributed by atoms with van der Waals surface area (Å²) in [4.78, 5) is 17.1. The SMILES string of the molecule is Cc1cc(OCc2csc(C(=O)Nc3ncn(Cc4ccccc4F)n3)c2)ccc1Cl. The predicted octanol–water partition coefficient (Wildman–Crippen LogP) is 5.32. The number of carbonyl (C=O) groups is 1. The molecule has 9 heteroatoms. The van der Waals surface area contributed by atoms with Gasteiger partial charge in [0.05, 0.1) is 11.4 Å². The van der Waals surface area contributed by atoms with Crippen LogP contribution in [-0.2, 0) is 13.2 Å². The minimum Gasteiger partial charge on any atom is -0.489 e. The Morgan fingerprint density at radius 3 is 2.90 bits per heavy atom. The summed E-state index contributed by atoms with van der Waals surface area (Å²) in [6.45, 7) is 2.47. The van der Waals surface area contributed by atoms with E-state index in [1.165, 1.54) is 28.4 Å². The number of amides is 1. The van der Waals surface area contributed by atoms with Gasteiger partial charge in [-0.25, -0.2) is 14.1 Å². The van der Waals surface area contributed by atoms with Crippen LogP contribution in [0.4, 0.5) is 10.3 Å². The van der Waals surface area contributed by atoms with Crippen molar-refractivity contribution in [3.63, 3.8) is 0 Å². The topological polar surface area (TPSA) is 69.0 Å². The van der Waals surface area contributed by atoms with Crippen molar-refractivity contribution in [2.24, 2.45) is 0 Å². The number of hydrogen-bond acceptors (Lipinski definition) is 5. The first-order valence-electron chi connectivity index (χ1n) is 9.38. The molecule has 1 N–H and O–H groups in total. The minimum atomic E-state index is -0.317. The first-order valence-corrected chi connectivity index (χ1v) is 10.6. The van der Waals surface area contributed by atoms with Crippen LogP contribution in [0.3, 0.4) is 0 Å². The van der Waals surface area contributed by atoms with Crippen molar-refractivity contribution in [3.05, 3.63) is 92.6 Å². The highest BCUT2D eigenvalue weighted by Gasteiger charge is 2.13. The van der Waals surface area contributed by atoms with E-state index < -0.39 is 0 Å². The summed E-state index contributed by atoms with van der Waals surface area (Å²) in [6, 6.07) is 13.7. The van der Waals surface area contributed by atoms with Crippen LogP contribution in [0, 0.1) is 12.7 Å². The Morgan fingerprint density at radius 2 is 2.10 bits per heavy atom. The lowest BCUT2D eigenvalue weighted by atomic mass is 10.2. The number of anilines is 1. The lowest BCUT2D eigenvalue weighted by molar-refractivity contribution is 0.102. The third kappa shape index (κ3) is 5.28. The molecule has 0 atom stereocenters. The monoisotopic (exact) mass is 456 g/mol. The number of aryl methyl sites for hydroxylation is 1. The van der Waals surface area contributed by atoms with Crippen LogP contribution in [-0.4, -0.2) is 20.7 Å². The van der Waals surface area contributed by atoms with E-state index in [2.05, 4.69) is 15.4 Å². The van der Waals surface area contributed by atoms with Crippen LogP contribution in [0.2, 0.25) is 5.02 Å². The first-order chi connectivity index (χ1) is 15.0. The number of aromatic nitrogens is 3. The predicted molar refractivity (Wildman–Crippen MR) is 118 cm³/mol. The van der Waals surface area contributed by atoms with Crippen LogP contribution >= 0.6 is 22.9 Å². The molecule has 2 aromatic heterocycles.